The highest BCUT2D eigenvalue weighted by Crippen LogP contribution is 2.46. The lowest BCUT2D eigenvalue weighted by atomic mass is 9.84. The molecule has 0 aliphatic rings. The first-order chi connectivity index (χ1) is 26.3. The van der Waals surface area contributed by atoms with Gasteiger partial charge in [0.15, 0.2) is 0 Å². The molecule has 0 atom stereocenters. The monoisotopic (exact) mass is 672 g/mol. The van der Waals surface area contributed by atoms with E-state index in [2.05, 4.69) is 188 Å². The van der Waals surface area contributed by atoms with Crippen molar-refractivity contribution in [3.8, 4) is 44.5 Å². The highest BCUT2D eigenvalue weighted by molar-refractivity contribution is 6.22. The topological polar surface area (TPSA) is 13.1 Å². The predicted molar refractivity (Wildman–Crippen MR) is 225 cm³/mol. The molecule has 0 saturated heterocycles. The highest BCUT2D eigenvalue weighted by Gasteiger charge is 2.19. The minimum absolute atomic E-state index is 0.912. The first kappa shape index (κ1) is 29.7. The molecule has 0 aliphatic heterocycles. The Labute approximate surface area is 307 Å². The van der Waals surface area contributed by atoms with Gasteiger partial charge in [-0.15, -0.1) is 0 Å². The average molecular weight is 673 g/mol. The van der Waals surface area contributed by atoms with Gasteiger partial charge in [0.1, 0.15) is 11.2 Å². The first-order valence-electron chi connectivity index (χ1n) is 18.2. The maximum atomic E-state index is 6.50. The van der Waals surface area contributed by atoms with Gasteiger partial charge in [-0.3, -0.25) is 0 Å². The van der Waals surface area contributed by atoms with Crippen molar-refractivity contribution >= 4 is 65.0 Å². The molecule has 0 fully saturated rings. The van der Waals surface area contributed by atoms with Gasteiger partial charge in [0.25, 0.3) is 0 Å². The molecule has 0 unspecified atom stereocenters. The van der Waals surface area contributed by atoms with E-state index in [1.165, 1.54) is 76.5 Å². The molecule has 0 bridgehead atoms. The van der Waals surface area contributed by atoms with E-state index in [1.54, 1.807) is 0 Å². The fraction of sp³-hybridized carbons (Fsp3) is 0. The van der Waals surface area contributed by atoms with Crippen LogP contribution in [0.3, 0.4) is 0 Å². The Morgan fingerprint density at radius 3 is 1.55 bits per heavy atom. The van der Waals surface area contributed by atoms with E-state index < -0.39 is 0 Å². The Morgan fingerprint density at radius 1 is 0.264 bits per heavy atom. The number of hydrogen-bond acceptors (Lipinski definition) is 1. The Bertz CT molecular complexity index is 3230. The van der Waals surface area contributed by atoms with Gasteiger partial charge < -0.3 is 4.42 Å². The van der Waals surface area contributed by atoms with Crippen molar-refractivity contribution in [2.75, 3.05) is 0 Å². The standard InChI is InChI=1S/C52H32O/c1-3-13-35-29-37(25-23-33(35)11-1)38-27-28-46-48(32-38)51(41-26-24-34-12-2-4-14-36(34)30-41)45-19-6-5-18-44(45)50(46)40-16-9-15-39(31-40)42-20-10-21-47-43-17-7-8-22-49(43)53-52(42)47/h1-32H. The molecule has 11 aromatic rings. The van der Waals surface area contributed by atoms with Gasteiger partial charge in [0.2, 0.25) is 0 Å². The van der Waals surface area contributed by atoms with Gasteiger partial charge in [0, 0.05) is 16.3 Å². The van der Waals surface area contributed by atoms with E-state index >= 15 is 0 Å². The van der Waals surface area contributed by atoms with Crippen LogP contribution in [0.5, 0.6) is 0 Å². The number of para-hydroxylation sites is 2. The summed E-state index contributed by atoms with van der Waals surface area (Å²) in [6.07, 6.45) is 0. The van der Waals surface area contributed by atoms with Crippen LogP contribution in [0.25, 0.3) is 110 Å². The third-order valence-electron chi connectivity index (χ3n) is 11.0. The van der Waals surface area contributed by atoms with Gasteiger partial charge in [-0.05, 0) is 112 Å². The molecule has 11 rings (SSSR count). The summed E-state index contributed by atoms with van der Waals surface area (Å²) in [6.45, 7) is 0. The van der Waals surface area contributed by atoms with Crippen LogP contribution in [0.2, 0.25) is 0 Å². The fourth-order valence-corrected chi connectivity index (χ4v) is 8.51. The lowest BCUT2D eigenvalue weighted by molar-refractivity contribution is 0.670. The molecule has 1 nitrogen and oxygen atoms in total. The van der Waals surface area contributed by atoms with Crippen LogP contribution < -0.4 is 0 Å². The SMILES string of the molecule is c1cc(-c2c3ccccc3c(-c3ccc4ccccc4c3)c3cc(-c4ccc5ccccc5c4)ccc23)cc(-c2cccc3c2oc2ccccc23)c1. The molecule has 1 aromatic heterocycles. The Morgan fingerprint density at radius 2 is 0.774 bits per heavy atom. The maximum absolute atomic E-state index is 6.50. The van der Waals surface area contributed by atoms with Crippen LogP contribution >= 0.6 is 0 Å². The van der Waals surface area contributed by atoms with Gasteiger partial charge in [-0.2, -0.15) is 0 Å². The van der Waals surface area contributed by atoms with Crippen molar-refractivity contribution in [2.24, 2.45) is 0 Å². The van der Waals surface area contributed by atoms with Gasteiger partial charge >= 0.3 is 0 Å². The van der Waals surface area contributed by atoms with Gasteiger partial charge in [0.05, 0.1) is 0 Å². The van der Waals surface area contributed by atoms with Crippen molar-refractivity contribution in [1.82, 2.24) is 0 Å². The molecular formula is C52H32O. The zero-order valence-corrected chi connectivity index (χ0v) is 28.9. The zero-order chi connectivity index (χ0) is 34.9. The summed E-state index contributed by atoms with van der Waals surface area (Å²) in [5.41, 5.74) is 11.4. The highest BCUT2D eigenvalue weighted by atomic mass is 16.3. The maximum Gasteiger partial charge on any atom is 0.143 e. The molecule has 1 heteroatoms. The second kappa shape index (κ2) is 11.8. The van der Waals surface area contributed by atoms with E-state index in [9.17, 15) is 0 Å². The van der Waals surface area contributed by atoms with Crippen molar-refractivity contribution in [2.45, 2.75) is 0 Å². The fourth-order valence-electron chi connectivity index (χ4n) is 8.51. The minimum Gasteiger partial charge on any atom is -0.455 e. The average Bonchev–Trinajstić information content (AvgIpc) is 3.61. The number of furan rings is 1. The molecule has 10 aromatic carbocycles. The molecule has 1 heterocycles. The van der Waals surface area contributed by atoms with Gasteiger partial charge in [-0.25, -0.2) is 0 Å². The summed E-state index contributed by atoms with van der Waals surface area (Å²) in [5, 5.41) is 12.2. The lowest BCUT2D eigenvalue weighted by Crippen LogP contribution is -1.92. The van der Waals surface area contributed by atoms with Crippen LogP contribution in [-0.4, -0.2) is 0 Å². The summed E-state index contributed by atoms with van der Waals surface area (Å²) < 4.78 is 6.50. The van der Waals surface area contributed by atoms with Crippen molar-refractivity contribution in [3.05, 3.63) is 194 Å². The summed E-state index contributed by atoms with van der Waals surface area (Å²) in [4.78, 5) is 0. The smallest absolute Gasteiger partial charge is 0.143 e. The summed E-state index contributed by atoms with van der Waals surface area (Å²) in [6, 6.07) is 70.7. The largest absolute Gasteiger partial charge is 0.455 e. The van der Waals surface area contributed by atoms with E-state index in [0.29, 0.717) is 0 Å². The third kappa shape index (κ3) is 4.79. The van der Waals surface area contributed by atoms with Crippen LogP contribution in [0, 0.1) is 0 Å². The Balaban J connectivity index is 1.19. The van der Waals surface area contributed by atoms with Crippen molar-refractivity contribution in [1.29, 1.82) is 0 Å². The van der Waals surface area contributed by atoms with Crippen LogP contribution in [0.4, 0.5) is 0 Å². The molecule has 0 radical (unpaired) electrons. The number of benzene rings is 10. The third-order valence-corrected chi connectivity index (χ3v) is 11.0. The molecule has 0 N–H and O–H groups in total. The van der Waals surface area contributed by atoms with Crippen molar-refractivity contribution in [3.63, 3.8) is 0 Å². The zero-order valence-electron chi connectivity index (χ0n) is 28.9. The molecule has 0 amide bonds. The van der Waals surface area contributed by atoms with Crippen LogP contribution in [0.1, 0.15) is 0 Å². The van der Waals surface area contributed by atoms with Gasteiger partial charge in [-0.1, -0.05) is 164 Å². The number of fused-ring (bicyclic) bond motifs is 7. The first-order valence-corrected chi connectivity index (χ1v) is 18.2. The molecule has 0 aliphatic carbocycles. The quantitative estimate of drug-likeness (QED) is 0.170. The second-order valence-corrected chi connectivity index (χ2v) is 14.0. The van der Waals surface area contributed by atoms with E-state index in [-0.39, 0.29) is 0 Å². The predicted octanol–water partition coefficient (Wildman–Crippen LogP) is 14.9. The molecular weight excluding hydrogens is 641 g/mol. The Kier molecular flexibility index (Phi) is 6.62. The van der Waals surface area contributed by atoms with E-state index in [0.717, 1.165) is 33.1 Å². The van der Waals surface area contributed by atoms with Crippen LogP contribution in [0.15, 0.2) is 199 Å². The molecule has 0 saturated carbocycles. The molecule has 0 spiro atoms. The number of rotatable bonds is 4. The normalized spacial score (nSPS) is 11.8. The minimum atomic E-state index is 0.912. The second-order valence-electron chi connectivity index (χ2n) is 14.0. The molecule has 246 valence electrons. The molecule has 53 heavy (non-hydrogen) atoms. The summed E-state index contributed by atoms with van der Waals surface area (Å²) in [5.74, 6) is 0. The summed E-state index contributed by atoms with van der Waals surface area (Å²) in [7, 11) is 0. The lowest BCUT2D eigenvalue weighted by Gasteiger charge is -2.19. The van der Waals surface area contributed by atoms with Crippen molar-refractivity contribution < 1.29 is 4.42 Å². The Hall–Kier alpha value is -6.96. The van der Waals surface area contributed by atoms with E-state index in [4.69, 9.17) is 4.42 Å². The summed E-state index contributed by atoms with van der Waals surface area (Å²) >= 11 is 0. The number of hydrogen-bond donors (Lipinski definition) is 0. The van der Waals surface area contributed by atoms with Crippen LogP contribution in [-0.2, 0) is 0 Å². The van der Waals surface area contributed by atoms with E-state index in [1.807, 2.05) is 6.07 Å².